The average molecular weight is 844 g/mol. The third kappa shape index (κ3) is 13.3. The molecule has 0 spiro atoms. The van der Waals surface area contributed by atoms with Crippen LogP contribution in [0.25, 0.3) is 0 Å². The van der Waals surface area contributed by atoms with Gasteiger partial charge in [-0.15, -0.1) is 0 Å². The van der Waals surface area contributed by atoms with Crippen molar-refractivity contribution in [1.82, 2.24) is 4.90 Å². The van der Waals surface area contributed by atoms with Crippen LogP contribution >= 0.6 is 0 Å². The van der Waals surface area contributed by atoms with Gasteiger partial charge in [0.25, 0.3) is 0 Å². The third-order valence-corrected chi connectivity index (χ3v) is 11.3. The second-order valence-electron chi connectivity index (χ2n) is 16.7. The van der Waals surface area contributed by atoms with Crippen LogP contribution in [0.1, 0.15) is 87.5 Å². The fraction of sp³-hybridized carbons (Fsp3) is 0.810. The van der Waals surface area contributed by atoms with Gasteiger partial charge in [-0.25, -0.2) is 0 Å². The van der Waals surface area contributed by atoms with Crippen LogP contribution < -0.4 is 0 Å². The first-order chi connectivity index (χ1) is 27.7. The van der Waals surface area contributed by atoms with E-state index in [1.165, 1.54) is 14.0 Å². The zero-order valence-corrected chi connectivity index (χ0v) is 36.4. The molecular formula is C42H69NO16. The number of nitrogens with zero attached hydrogens (tertiary/aromatic N) is 1. The lowest BCUT2D eigenvalue weighted by Crippen LogP contribution is -2.69. The van der Waals surface area contributed by atoms with Gasteiger partial charge in [-0.1, -0.05) is 52.0 Å². The van der Waals surface area contributed by atoms with Crippen molar-refractivity contribution < 1.29 is 77.5 Å². The summed E-state index contributed by atoms with van der Waals surface area (Å²) in [5.41, 5.74) is -1.99. The molecule has 0 aromatic heterocycles. The van der Waals surface area contributed by atoms with Crippen molar-refractivity contribution in [3.63, 3.8) is 0 Å². The number of aliphatic hydroxyl groups is 4. The minimum Gasteiger partial charge on any atom is -0.462 e. The summed E-state index contributed by atoms with van der Waals surface area (Å²) in [5.74, 6) is -3.54. The van der Waals surface area contributed by atoms with E-state index in [1.54, 1.807) is 91.8 Å². The highest BCUT2D eigenvalue weighted by Gasteiger charge is 2.57. The van der Waals surface area contributed by atoms with E-state index in [0.29, 0.717) is 12.7 Å². The second-order valence-corrected chi connectivity index (χ2v) is 16.7. The molecular weight excluding hydrogens is 774 g/mol. The Kier molecular flexibility index (Phi) is 19.6. The number of carbonyl (C=O) groups is 4. The quantitative estimate of drug-likeness (QED) is 0.125. The molecule has 0 saturated carbocycles. The van der Waals surface area contributed by atoms with Gasteiger partial charge < -0.3 is 68.0 Å². The van der Waals surface area contributed by atoms with Gasteiger partial charge in [-0.05, 0) is 60.0 Å². The van der Waals surface area contributed by atoms with Crippen LogP contribution in [0, 0.1) is 17.8 Å². The first-order valence-electron chi connectivity index (χ1n) is 20.6. The van der Waals surface area contributed by atoms with Crippen molar-refractivity contribution in [2.24, 2.45) is 17.8 Å². The first kappa shape index (κ1) is 50.5. The molecule has 2 saturated heterocycles. The normalized spacial score (nSPS) is 40.4. The zero-order chi connectivity index (χ0) is 44.4. The summed E-state index contributed by atoms with van der Waals surface area (Å²) in [5, 5.41) is 46.0. The van der Waals surface area contributed by atoms with E-state index in [9.17, 15) is 39.6 Å². The highest BCUT2D eigenvalue weighted by molar-refractivity contribution is 5.73. The second kappa shape index (κ2) is 22.8. The molecule has 2 fully saturated rings. The third-order valence-electron chi connectivity index (χ3n) is 11.3. The van der Waals surface area contributed by atoms with Crippen LogP contribution in [0.5, 0.6) is 0 Å². The van der Waals surface area contributed by atoms with Crippen molar-refractivity contribution in [2.45, 2.75) is 179 Å². The number of ether oxygens (including phenoxy) is 8. The van der Waals surface area contributed by atoms with Crippen molar-refractivity contribution >= 4 is 24.2 Å². The molecule has 17 atom stereocenters. The van der Waals surface area contributed by atoms with Crippen LogP contribution in [0.3, 0.4) is 0 Å². The molecule has 0 aromatic carbocycles. The Morgan fingerprint density at radius 1 is 0.983 bits per heavy atom. The fourth-order valence-corrected chi connectivity index (χ4v) is 7.81. The summed E-state index contributed by atoms with van der Waals surface area (Å²) < 4.78 is 48.3. The Labute approximate surface area is 348 Å². The highest BCUT2D eigenvalue weighted by atomic mass is 16.7. The average Bonchev–Trinajstić information content (AvgIpc) is 3.15. The van der Waals surface area contributed by atoms with E-state index in [1.807, 2.05) is 0 Å². The summed E-state index contributed by atoms with van der Waals surface area (Å²) in [4.78, 5) is 52.6. The summed E-state index contributed by atoms with van der Waals surface area (Å²) in [6.07, 6.45) is -7.67. The molecule has 3 rings (SSSR count). The van der Waals surface area contributed by atoms with E-state index < -0.39 is 133 Å². The maximum absolute atomic E-state index is 13.3. The molecule has 3 aliphatic rings. The molecule has 17 nitrogen and oxygen atoms in total. The summed E-state index contributed by atoms with van der Waals surface area (Å²) in [6.45, 7) is 13.0. The summed E-state index contributed by atoms with van der Waals surface area (Å²) >= 11 is 0. The molecule has 0 bridgehead atoms. The highest BCUT2D eigenvalue weighted by Crippen LogP contribution is 2.38. The van der Waals surface area contributed by atoms with Gasteiger partial charge in [0.05, 0.1) is 42.8 Å². The fourth-order valence-electron chi connectivity index (χ4n) is 7.81. The number of esters is 3. The number of aliphatic hydroxyl groups excluding tert-OH is 3. The maximum atomic E-state index is 13.3. The molecule has 0 aliphatic carbocycles. The molecule has 338 valence electrons. The molecule has 0 amide bonds. The Bertz CT molecular complexity index is 1420. The van der Waals surface area contributed by atoms with Crippen molar-refractivity contribution in [2.75, 3.05) is 21.2 Å². The Balaban J connectivity index is 2.03. The molecule has 0 radical (unpaired) electrons. The summed E-state index contributed by atoms with van der Waals surface area (Å²) in [7, 11) is 4.72. The van der Waals surface area contributed by atoms with Gasteiger partial charge in [0.15, 0.2) is 18.7 Å². The summed E-state index contributed by atoms with van der Waals surface area (Å²) in [6, 6.07) is -0.905. The molecule has 17 heteroatoms. The Morgan fingerprint density at radius 3 is 2.22 bits per heavy atom. The van der Waals surface area contributed by atoms with Crippen LogP contribution in [0.4, 0.5) is 0 Å². The number of hydrogen-bond acceptors (Lipinski definition) is 17. The van der Waals surface area contributed by atoms with E-state index in [2.05, 4.69) is 0 Å². The molecule has 17 unspecified atom stereocenters. The van der Waals surface area contributed by atoms with Gasteiger partial charge in [0, 0.05) is 26.4 Å². The number of rotatable bonds is 12. The van der Waals surface area contributed by atoms with Crippen molar-refractivity contribution in [3.05, 3.63) is 24.3 Å². The molecule has 3 aliphatic heterocycles. The minimum absolute atomic E-state index is 0.0206. The van der Waals surface area contributed by atoms with Gasteiger partial charge >= 0.3 is 17.9 Å². The molecule has 4 N–H and O–H groups in total. The number of cyclic esters (lactones) is 1. The monoisotopic (exact) mass is 843 g/mol. The van der Waals surface area contributed by atoms with E-state index in [4.69, 9.17) is 37.9 Å². The zero-order valence-electron chi connectivity index (χ0n) is 36.4. The van der Waals surface area contributed by atoms with Crippen molar-refractivity contribution in [3.8, 4) is 0 Å². The van der Waals surface area contributed by atoms with Gasteiger partial charge in [-0.2, -0.15) is 0 Å². The SMILES string of the molecule is CCC(=O)OC1CC(=O)OC(C)CC=CC=CC(O)C(C)CC(CC=O)C(OC2OC(C)C(OC3OC(C)C(OC(=O)C(C)C)C(C)(O)C3O)C(N(C)C)C2O)C1OC. The smallest absolute Gasteiger partial charge is 0.309 e. The van der Waals surface area contributed by atoms with Crippen LogP contribution in [0.15, 0.2) is 24.3 Å². The molecule has 59 heavy (non-hydrogen) atoms. The number of aldehydes is 1. The lowest BCUT2D eigenvalue weighted by atomic mass is 9.82. The molecule has 0 aromatic rings. The van der Waals surface area contributed by atoms with Crippen molar-refractivity contribution in [1.29, 1.82) is 0 Å². The van der Waals surface area contributed by atoms with E-state index in [-0.39, 0.29) is 19.3 Å². The largest absolute Gasteiger partial charge is 0.462 e. The predicted molar refractivity (Wildman–Crippen MR) is 211 cm³/mol. The number of hydrogen-bond donors (Lipinski definition) is 4. The topological polar surface area (TPSA) is 226 Å². The lowest BCUT2D eigenvalue weighted by molar-refractivity contribution is -0.364. The van der Waals surface area contributed by atoms with Crippen LogP contribution in [0.2, 0.25) is 0 Å². The Morgan fingerprint density at radius 2 is 1.63 bits per heavy atom. The van der Waals surface area contributed by atoms with E-state index in [0.717, 1.165) is 0 Å². The predicted octanol–water partition coefficient (Wildman–Crippen LogP) is 1.98. The maximum Gasteiger partial charge on any atom is 0.309 e. The van der Waals surface area contributed by atoms with Gasteiger partial charge in [0.2, 0.25) is 0 Å². The minimum atomic E-state index is -1.99. The molecule has 3 heterocycles. The Hall–Kier alpha value is -2.84. The van der Waals surface area contributed by atoms with Gasteiger partial charge in [0.1, 0.15) is 48.5 Å². The number of carbonyl (C=O) groups excluding carboxylic acids is 4. The first-order valence-corrected chi connectivity index (χ1v) is 20.6. The standard InChI is InChI=1S/C42H69NO16/c1-12-30(46)56-29-21-31(47)53-24(5)16-14-13-15-17-28(45)23(4)20-27(18-19-44)35(36(29)52-11)58-40-33(48)32(43(9)10)34(25(6)54-40)57-41-37(49)42(8,51)38(26(7)55-41)59-39(50)22(2)3/h13-15,17,19,22-29,32-38,40-41,45,48-49,51H,12,16,18,20-21H2,1-11H3. The van der Waals surface area contributed by atoms with Crippen LogP contribution in [-0.4, -0.2) is 162 Å². The number of allylic oxidation sites excluding steroid dienone is 2. The van der Waals surface area contributed by atoms with Crippen LogP contribution in [-0.2, 0) is 57.1 Å². The van der Waals surface area contributed by atoms with E-state index >= 15 is 0 Å². The van der Waals surface area contributed by atoms with Gasteiger partial charge in [-0.3, -0.25) is 14.4 Å². The lowest BCUT2D eigenvalue weighted by Gasteiger charge is -2.51. The number of likely N-dealkylation sites (N-methyl/N-ethyl adjacent to an activating group) is 1. The number of methoxy groups -OCH3 is 1.